The summed E-state index contributed by atoms with van der Waals surface area (Å²) >= 11 is 0. The van der Waals surface area contributed by atoms with Gasteiger partial charge < -0.3 is 10.1 Å². The predicted octanol–water partition coefficient (Wildman–Crippen LogP) is 0.774. The molecule has 1 atom stereocenters. The van der Waals surface area contributed by atoms with Crippen molar-refractivity contribution in [2.24, 2.45) is 0 Å². The molecule has 4 nitrogen and oxygen atoms in total. The van der Waals surface area contributed by atoms with Gasteiger partial charge in [0.05, 0.1) is 18.8 Å². The second-order valence-corrected chi connectivity index (χ2v) is 2.74. The Morgan fingerprint density at radius 3 is 2.92 bits per heavy atom. The van der Waals surface area contributed by atoms with Crippen LogP contribution >= 0.6 is 0 Å². The molecular formula is C9H15N3O. The molecule has 0 fully saturated rings. The average molecular weight is 181 g/mol. The van der Waals surface area contributed by atoms with Gasteiger partial charge in [0, 0.05) is 13.3 Å². The second kappa shape index (κ2) is 5.61. The van der Waals surface area contributed by atoms with Crippen LogP contribution in [0.3, 0.4) is 0 Å². The highest BCUT2D eigenvalue weighted by molar-refractivity contribution is 5.11. The van der Waals surface area contributed by atoms with E-state index in [1.807, 2.05) is 6.07 Å². The molecule has 0 aliphatic carbocycles. The van der Waals surface area contributed by atoms with Gasteiger partial charge in [-0.3, -0.25) is 0 Å². The molecule has 0 radical (unpaired) electrons. The zero-order valence-electron chi connectivity index (χ0n) is 8.03. The summed E-state index contributed by atoms with van der Waals surface area (Å²) in [6.45, 7) is 3.63. The molecule has 1 rings (SSSR count). The van der Waals surface area contributed by atoms with Crippen LogP contribution in [0.4, 0.5) is 0 Å². The third kappa shape index (κ3) is 3.08. The predicted molar refractivity (Wildman–Crippen MR) is 50.3 cm³/mol. The fraction of sp³-hybridized carbons (Fsp3) is 0.556. The Morgan fingerprint density at radius 1 is 1.54 bits per heavy atom. The summed E-state index contributed by atoms with van der Waals surface area (Å²) < 4.78 is 5.10. The van der Waals surface area contributed by atoms with E-state index in [0.29, 0.717) is 6.61 Å². The van der Waals surface area contributed by atoms with E-state index in [4.69, 9.17) is 4.74 Å². The van der Waals surface area contributed by atoms with Gasteiger partial charge in [0.25, 0.3) is 0 Å². The van der Waals surface area contributed by atoms with E-state index in [9.17, 15) is 0 Å². The summed E-state index contributed by atoms with van der Waals surface area (Å²) in [6, 6.07) is 2.16. The van der Waals surface area contributed by atoms with Crippen LogP contribution in [-0.4, -0.2) is 30.5 Å². The Hall–Kier alpha value is -1.00. The zero-order chi connectivity index (χ0) is 9.52. The molecule has 0 amide bonds. The maximum Gasteiger partial charge on any atom is 0.0658 e. The molecule has 0 saturated heterocycles. The van der Waals surface area contributed by atoms with Gasteiger partial charge in [0.15, 0.2) is 0 Å². The first-order valence-electron chi connectivity index (χ1n) is 4.37. The zero-order valence-corrected chi connectivity index (χ0v) is 8.03. The highest BCUT2D eigenvalue weighted by Gasteiger charge is 2.08. The largest absolute Gasteiger partial charge is 0.383 e. The first-order valence-corrected chi connectivity index (χ1v) is 4.37. The van der Waals surface area contributed by atoms with Crippen LogP contribution in [0.25, 0.3) is 0 Å². The van der Waals surface area contributed by atoms with Crippen LogP contribution in [0.15, 0.2) is 18.5 Å². The van der Waals surface area contributed by atoms with Crippen LogP contribution in [0.2, 0.25) is 0 Å². The van der Waals surface area contributed by atoms with Gasteiger partial charge in [-0.1, -0.05) is 6.92 Å². The van der Waals surface area contributed by atoms with Crippen LogP contribution in [0, 0.1) is 0 Å². The van der Waals surface area contributed by atoms with Crippen molar-refractivity contribution in [3.05, 3.63) is 24.0 Å². The third-order valence-corrected chi connectivity index (χ3v) is 1.79. The number of hydrogen-bond donors (Lipinski definition) is 1. The number of nitrogens with one attached hydrogen (secondary N) is 1. The van der Waals surface area contributed by atoms with E-state index >= 15 is 0 Å². The van der Waals surface area contributed by atoms with Crippen molar-refractivity contribution < 1.29 is 4.74 Å². The molecule has 0 bridgehead atoms. The van der Waals surface area contributed by atoms with E-state index in [0.717, 1.165) is 12.1 Å². The van der Waals surface area contributed by atoms with E-state index < -0.39 is 0 Å². The van der Waals surface area contributed by atoms with Crippen molar-refractivity contribution in [1.82, 2.24) is 15.5 Å². The molecular weight excluding hydrogens is 166 g/mol. The topological polar surface area (TPSA) is 47.0 Å². The van der Waals surface area contributed by atoms with Gasteiger partial charge in [0.2, 0.25) is 0 Å². The summed E-state index contributed by atoms with van der Waals surface area (Å²) in [5, 5.41) is 10.9. The molecule has 1 aromatic rings. The van der Waals surface area contributed by atoms with Crippen LogP contribution in [0.5, 0.6) is 0 Å². The van der Waals surface area contributed by atoms with Gasteiger partial charge in [-0.15, -0.1) is 0 Å². The van der Waals surface area contributed by atoms with E-state index in [2.05, 4.69) is 22.4 Å². The number of likely N-dealkylation sites (N-methyl/N-ethyl adjacent to an activating group) is 1. The Kier molecular flexibility index (Phi) is 4.35. The fourth-order valence-corrected chi connectivity index (χ4v) is 1.19. The van der Waals surface area contributed by atoms with Crippen LogP contribution < -0.4 is 5.32 Å². The quantitative estimate of drug-likeness (QED) is 0.729. The highest BCUT2D eigenvalue weighted by Crippen LogP contribution is 2.09. The first-order chi connectivity index (χ1) is 6.38. The maximum absolute atomic E-state index is 5.10. The molecule has 0 aliphatic heterocycles. The van der Waals surface area contributed by atoms with Crippen LogP contribution in [-0.2, 0) is 4.74 Å². The van der Waals surface area contributed by atoms with Crippen LogP contribution in [0.1, 0.15) is 18.5 Å². The Morgan fingerprint density at radius 2 is 2.38 bits per heavy atom. The lowest BCUT2D eigenvalue weighted by Crippen LogP contribution is -2.25. The number of ether oxygens (including phenoxy) is 1. The minimum atomic E-state index is 0.213. The summed E-state index contributed by atoms with van der Waals surface area (Å²) in [6.07, 6.45) is 3.45. The molecule has 0 saturated carbocycles. The lowest BCUT2D eigenvalue weighted by atomic mass is 10.1. The lowest BCUT2D eigenvalue weighted by molar-refractivity contribution is 0.167. The molecule has 1 heterocycles. The normalized spacial score (nSPS) is 12.8. The van der Waals surface area contributed by atoms with Crippen molar-refractivity contribution >= 4 is 0 Å². The SMILES string of the molecule is CCNC(COC)c1ccnnc1. The standard InChI is InChI=1S/C9H15N3O/c1-3-10-9(7-13-2)8-4-5-11-12-6-8/h4-6,9-10H,3,7H2,1-2H3. The molecule has 1 unspecified atom stereocenters. The number of rotatable bonds is 5. The molecule has 0 spiro atoms. The number of aromatic nitrogens is 2. The van der Waals surface area contributed by atoms with Gasteiger partial charge in [0.1, 0.15) is 0 Å². The molecule has 4 heteroatoms. The van der Waals surface area contributed by atoms with Crippen molar-refractivity contribution in [3.63, 3.8) is 0 Å². The molecule has 0 aliphatic rings. The number of nitrogens with zero attached hydrogens (tertiary/aromatic N) is 2. The first kappa shape index (κ1) is 10.1. The van der Waals surface area contributed by atoms with Crippen molar-refractivity contribution in [2.45, 2.75) is 13.0 Å². The number of methoxy groups -OCH3 is 1. The molecule has 1 N–H and O–H groups in total. The van der Waals surface area contributed by atoms with E-state index in [1.165, 1.54) is 0 Å². The lowest BCUT2D eigenvalue weighted by Gasteiger charge is -2.16. The van der Waals surface area contributed by atoms with E-state index in [-0.39, 0.29) is 6.04 Å². The smallest absolute Gasteiger partial charge is 0.0658 e. The molecule has 13 heavy (non-hydrogen) atoms. The van der Waals surface area contributed by atoms with Crippen molar-refractivity contribution in [3.8, 4) is 0 Å². The van der Waals surface area contributed by atoms with Gasteiger partial charge in [-0.05, 0) is 18.2 Å². The van der Waals surface area contributed by atoms with Gasteiger partial charge in [-0.2, -0.15) is 10.2 Å². The Bertz CT molecular complexity index is 222. The average Bonchev–Trinajstić information content (AvgIpc) is 2.19. The van der Waals surface area contributed by atoms with Gasteiger partial charge >= 0.3 is 0 Å². The van der Waals surface area contributed by atoms with Crippen molar-refractivity contribution in [1.29, 1.82) is 0 Å². The molecule has 72 valence electrons. The second-order valence-electron chi connectivity index (χ2n) is 2.74. The Labute approximate surface area is 78.3 Å². The van der Waals surface area contributed by atoms with Crippen molar-refractivity contribution in [2.75, 3.05) is 20.3 Å². The monoisotopic (exact) mass is 181 g/mol. The molecule has 0 aromatic carbocycles. The fourth-order valence-electron chi connectivity index (χ4n) is 1.19. The maximum atomic E-state index is 5.10. The van der Waals surface area contributed by atoms with Gasteiger partial charge in [-0.25, -0.2) is 0 Å². The molecule has 1 aromatic heterocycles. The third-order valence-electron chi connectivity index (χ3n) is 1.79. The minimum absolute atomic E-state index is 0.213. The summed E-state index contributed by atoms with van der Waals surface area (Å²) in [7, 11) is 1.69. The Balaban J connectivity index is 2.64. The summed E-state index contributed by atoms with van der Waals surface area (Å²) in [5.41, 5.74) is 1.11. The summed E-state index contributed by atoms with van der Waals surface area (Å²) in [5.74, 6) is 0. The minimum Gasteiger partial charge on any atom is -0.383 e. The number of hydrogen-bond acceptors (Lipinski definition) is 4. The highest BCUT2D eigenvalue weighted by atomic mass is 16.5. The summed E-state index contributed by atoms with van der Waals surface area (Å²) in [4.78, 5) is 0. The van der Waals surface area contributed by atoms with E-state index in [1.54, 1.807) is 19.5 Å².